The van der Waals surface area contributed by atoms with Crippen LogP contribution in [0.2, 0.25) is 5.02 Å². The first-order chi connectivity index (χ1) is 11.9. The molecule has 9 heteroatoms. The van der Waals surface area contributed by atoms with Crippen LogP contribution in [0.25, 0.3) is 0 Å². The Bertz CT molecular complexity index is 700. The topological polar surface area (TPSA) is 102 Å². The summed E-state index contributed by atoms with van der Waals surface area (Å²) in [5, 5.41) is 3.23. The van der Waals surface area contributed by atoms with Crippen LogP contribution in [0, 0.1) is 0 Å². The van der Waals surface area contributed by atoms with Crippen molar-refractivity contribution in [1.29, 1.82) is 0 Å². The Labute approximate surface area is 152 Å². The fourth-order valence-electron chi connectivity index (χ4n) is 2.54. The molecule has 0 aliphatic heterocycles. The van der Waals surface area contributed by atoms with Gasteiger partial charge in [-0.25, -0.2) is 13.1 Å². The minimum absolute atomic E-state index is 0.0567. The van der Waals surface area contributed by atoms with Crippen LogP contribution in [-0.2, 0) is 24.3 Å². The van der Waals surface area contributed by atoms with Crippen LogP contribution < -0.4 is 10.0 Å². The van der Waals surface area contributed by atoms with E-state index in [-0.39, 0.29) is 36.4 Å². The third-order valence-corrected chi connectivity index (χ3v) is 5.56. The number of nitrogens with one attached hydrogen (secondary N) is 2. The molecule has 0 unspecified atom stereocenters. The molecule has 1 fully saturated rings. The smallest absolute Gasteiger partial charge is 0.307 e. The summed E-state index contributed by atoms with van der Waals surface area (Å²) in [5.41, 5.74) is 0. The zero-order valence-corrected chi connectivity index (χ0v) is 15.2. The van der Waals surface area contributed by atoms with Crippen LogP contribution in [0.1, 0.15) is 32.1 Å². The lowest BCUT2D eigenvalue weighted by molar-refractivity contribution is -0.148. The first kappa shape index (κ1) is 19.7. The fraction of sp³-hybridized carbons (Fsp3) is 0.500. The Morgan fingerprint density at radius 2 is 1.80 bits per heavy atom. The van der Waals surface area contributed by atoms with Crippen LogP contribution >= 0.6 is 11.6 Å². The molecule has 1 saturated carbocycles. The van der Waals surface area contributed by atoms with Crippen molar-refractivity contribution in [2.75, 3.05) is 13.2 Å². The zero-order valence-electron chi connectivity index (χ0n) is 13.7. The van der Waals surface area contributed by atoms with Gasteiger partial charge in [-0.05, 0) is 37.1 Å². The molecule has 0 heterocycles. The molecule has 25 heavy (non-hydrogen) atoms. The monoisotopic (exact) mass is 388 g/mol. The minimum atomic E-state index is -3.72. The lowest BCUT2D eigenvalue weighted by Gasteiger charge is -2.12. The zero-order chi connectivity index (χ0) is 18.3. The number of amides is 1. The summed E-state index contributed by atoms with van der Waals surface area (Å²) < 4.78 is 31.2. The van der Waals surface area contributed by atoms with Crippen molar-refractivity contribution in [2.45, 2.75) is 43.0 Å². The van der Waals surface area contributed by atoms with Gasteiger partial charge in [-0.3, -0.25) is 9.59 Å². The van der Waals surface area contributed by atoms with E-state index in [0.29, 0.717) is 5.02 Å². The molecule has 0 atom stereocenters. The molecule has 1 aliphatic rings. The van der Waals surface area contributed by atoms with Gasteiger partial charge in [-0.15, -0.1) is 0 Å². The average molecular weight is 389 g/mol. The Kier molecular flexibility index (Phi) is 7.22. The summed E-state index contributed by atoms with van der Waals surface area (Å²) in [6.45, 7) is -0.465. The highest BCUT2D eigenvalue weighted by molar-refractivity contribution is 7.89. The lowest BCUT2D eigenvalue weighted by atomic mass is 10.2. The highest BCUT2D eigenvalue weighted by Gasteiger charge is 2.18. The van der Waals surface area contributed by atoms with Crippen molar-refractivity contribution in [2.24, 2.45) is 0 Å². The van der Waals surface area contributed by atoms with Gasteiger partial charge in [0.25, 0.3) is 5.91 Å². The normalized spacial score (nSPS) is 15.1. The third kappa shape index (κ3) is 6.64. The molecule has 138 valence electrons. The average Bonchev–Trinajstić information content (AvgIpc) is 3.06. The molecular weight excluding hydrogens is 368 g/mol. The molecule has 0 bridgehead atoms. The number of carbonyl (C=O) groups is 2. The van der Waals surface area contributed by atoms with E-state index in [0.717, 1.165) is 25.7 Å². The Morgan fingerprint density at radius 1 is 1.16 bits per heavy atom. The highest BCUT2D eigenvalue weighted by Crippen LogP contribution is 2.17. The van der Waals surface area contributed by atoms with Crippen molar-refractivity contribution in [3.63, 3.8) is 0 Å². The predicted octanol–water partition coefficient (Wildman–Crippen LogP) is 1.61. The molecule has 0 aromatic heterocycles. The largest absolute Gasteiger partial charge is 0.456 e. The molecule has 0 spiro atoms. The molecule has 2 N–H and O–H groups in total. The standard InChI is InChI=1S/C16H21ClN2O5S/c17-12-5-7-14(8-6-12)25(22,23)18-10-9-16(21)24-11-15(20)19-13-3-1-2-4-13/h5-8,13,18H,1-4,9-11H2,(H,19,20). The van der Waals surface area contributed by atoms with Gasteiger partial charge in [0.2, 0.25) is 10.0 Å². The quantitative estimate of drug-likeness (QED) is 0.659. The van der Waals surface area contributed by atoms with Crippen molar-refractivity contribution >= 4 is 33.5 Å². The number of sulfonamides is 1. The first-order valence-corrected chi connectivity index (χ1v) is 9.93. The van der Waals surface area contributed by atoms with Crippen LogP contribution in [0.5, 0.6) is 0 Å². The van der Waals surface area contributed by atoms with Crippen LogP contribution in [0.15, 0.2) is 29.2 Å². The summed E-state index contributed by atoms with van der Waals surface area (Å²) in [4.78, 5) is 23.3. The van der Waals surface area contributed by atoms with Crippen LogP contribution in [0.4, 0.5) is 0 Å². The van der Waals surface area contributed by atoms with Gasteiger partial charge in [0.15, 0.2) is 6.61 Å². The second kappa shape index (κ2) is 9.17. The molecule has 1 aromatic rings. The van der Waals surface area contributed by atoms with Gasteiger partial charge in [0.1, 0.15) is 0 Å². The molecule has 1 amide bonds. The Hall–Kier alpha value is -1.64. The van der Waals surface area contributed by atoms with E-state index in [4.69, 9.17) is 16.3 Å². The molecule has 1 aliphatic carbocycles. The second-order valence-electron chi connectivity index (χ2n) is 5.81. The van der Waals surface area contributed by atoms with Crippen molar-refractivity contribution in [1.82, 2.24) is 10.0 Å². The highest BCUT2D eigenvalue weighted by atomic mass is 35.5. The Balaban J connectivity index is 1.67. The maximum absolute atomic E-state index is 12.0. The Morgan fingerprint density at radius 3 is 2.44 bits per heavy atom. The van der Waals surface area contributed by atoms with Gasteiger partial charge in [-0.1, -0.05) is 24.4 Å². The van der Waals surface area contributed by atoms with E-state index >= 15 is 0 Å². The molecule has 2 rings (SSSR count). The summed E-state index contributed by atoms with van der Waals surface area (Å²) in [7, 11) is -3.72. The van der Waals surface area contributed by atoms with Gasteiger partial charge < -0.3 is 10.1 Å². The number of hydrogen-bond donors (Lipinski definition) is 2. The summed E-state index contributed by atoms with van der Waals surface area (Å²) in [6, 6.07) is 5.84. The van der Waals surface area contributed by atoms with Crippen molar-refractivity contribution in [3.8, 4) is 0 Å². The predicted molar refractivity (Wildman–Crippen MR) is 92.6 cm³/mol. The van der Waals surface area contributed by atoms with Gasteiger partial charge in [0, 0.05) is 17.6 Å². The van der Waals surface area contributed by atoms with E-state index in [1.54, 1.807) is 0 Å². The molecule has 7 nitrogen and oxygen atoms in total. The fourth-order valence-corrected chi connectivity index (χ4v) is 3.70. The molecule has 0 radical (unpaired) electrons. The lowest BCUT2D eigenvalue weighted by Crippen LogP contribution is -2.36. The van der Waals surface area contributed by atoms with E-state index in [1.807, 2.05) is 0 Å². The molecular formula is C16H21ClN2O5S. The van der Waals surface area contributed by atoms with Crippen LogP contribution in [0.3, 0.4) is 0 Å². The van der Waals surface area contributed by atoms with Gasteiger partial charge >= 0.3 is 5.97 Å². The number of rotatable bonds is 8. The van der Waals surface area contributed by atoms with E-state index < -0.39 is 16.0 Å². The number of halogens is 1. The first-order valence-electron chi connectivity index (χ1n) is 8.07. The third-order valence-electron chi connectivity index (χ3n) is 3.83. The van der Waals surface area contributed by atoms with Crippen molar-refractivity contribution in [3.05, 3.63) is 29.3 Å². The maximum Gasteiger partial charge on any atom is 0.307 e. The number of esters is 1. The molecule has 1 aromatic carbocycles. The number of ether oxygens (including phenoxy) is 1. The summed E-state index contributed by atoms with van der Waals surface area (Å²) >= 11 is 5.71. The van der Waals surface area contributed by atoms with E-state index in [2.05, 4.69) is 10.0 Å². The SMILES string of the molecule is O=C(COC(=O)CCNS(=O)(=O)c1ccc(Cl)cc1)NC1CCCC1. The van der Waals surface area contributed by atoms with E-state index in [1.165, 1.54) is 24.3 Å². The van der Waals surface area contributed by atoms with Crippen molar-refractivity contribution < 1.29 is 22.7 Å². The van der Waals surface area contributed by atoms with Crippen LogP contribution in [-0.4, -0.2) is 39.5 Å². The number of benzene rings is 1. The van der Waals surface area contributed by atoms with E-state index in [9.17, 15) is 18.0 Å². The van der Waals surface area contributed by atoms with Gasteiger partial charge in [0.05, 0.1) is 11.3 Å². The van der Waals surface area contributed by atoms with Gasteiger partial charge in [-0.2, -0.15) is 0 Å². The maximum atomic E-state index is 12.0. The molecule has 0 saturated heterocycles. The summed E-state index contributed by atoms with van der Waals surface area (Å²) in [5.74, 6) is -0.970. The minimum Gasteiger partial charge on any atom is -0.456 e. The number of carbonyl (C=O) groups excluding carboxylic acids is 2. The summed E-state index contributed by atoms with van der Waals surface area (Å²) in [6.07, 6.45) is 3.93. The number of hydrogen-bond acceptors (Lipinski definition) is 5. The second-order valence-corrected chi connectivity index (χ2v) is 8.01.